The van der Waals surface area contributed by atoms with E-state index in [1.165, 1.54) is 44.6 Å². The van der Waals surface area contributed by atoms with Gasteiger partial charge in [0.15, 0.2) is 0 Å². The lowest BCUT2D eigenvalue weighted by atomic mass is 9.66. The molecule has 0 radical (unpaired) electrons. The smallest absolute Gasteiger partial charge is 0.330 e. The van der Waals surface area contributed by atoms with E-state index < -0.39 is 0 Å². The third-order valence-electron chi connectivity index (χ3n) is 4.53. The molecule has 2 fully saturated rings. The maximum Gasteiger partial charge on any atom is 0.330 e. The monoisotopic (exact) mass is 236 g/mol. The second-order valence-electron chi connectivity index (χ2n) is 5.72. The molecule has 0 aromatic rings. The Balaban J connectivity index is 1.94. The molecule has 2 heteroatoms. The van der Waals surface area contributed by atoms with Crippen molar-refractivity contribution in [2.75, 3.05) is 0 Å². The topological polar surface area (TPSA) is 26.3 Å². The van der Waals surface area contributed by atoms with E-state index in [0.717, 1.165) is 18.3 Å². The summed E-state index contributed by atoms with van der Waals surface area (Å²) in [7, 11) is 0. The second kappa shape index (κ2) is 5.70. The van der Waals surface area contributed by atoms with Gasteiger partial charge in [-0.1, -0.05) is 32.8 Å². The fraction of sp³-hybridized carbons (Fsp3) is 0.800. The molecular weight excluding hydrogens is 212 g/mol. The van der Waals surface area contributed by atoms with Crippen LogP contribution in [-0.2, 0) is 9.53 Å². The molecule has 0 aromatic heterocycles. The van der Waals surface area contributed by atoms with Crippen molar-refractivity contribution in [1.29, 1.82) is 0 Å². The van der Waals surface area contributed by atoms with Crippen LogP contribution in [-0.4, -0.2) is 12.1 Å². The van der Waals surface area contributed by atoms with Gasteiger partial charge in [0.05, 0.1) is 0 Å². The van der Waals surface area contributed by atoms with Crippen LogP contribution in [0.4, 0.5) is 0 Å². The number of carbonyl (C=O) groups is 1. The third kappa shape index (κ3) is 3.11. The van der Waals surface area contributed by atoms with E-state index >= 15 is 0 Å². The molecule has 96 valence electrons. The van der Waals surface area contributed by atoms with Crippen LogP contribution in [0.5, 0.6) is 0 Å². The molecule has 17 heavy (non-hydrogen) atoms. The molecule has 0 aliphatic heterocycles. The molecule has 3 atom stereocenters. The summed E-state index contributed by atoms with van der Waals surface area (Å²) in [5, 5.41) is 0. The van der Waals surface area contributed by atoms with Gasteiger partial charge in [0, 0.05) is 6.08 Å². The van der Waals surface area contributed by atoms with Gasteiger partial charge in [-0.25, -0.2) is 4.79 Å². The zero-order valence-electron chi connectivity index (χ0n) is 10.9. The van der Waals surface area contributed by atoms with E-state index in [1.54, 1.807) is 0 Å². The van der Waals surface area contributed by atoms with Crippen LogP contribution in [0.3, 0.4) is 0 Å². The Labute approximate surface area is 104 Å². The van der Waals surface area contributed by atoms with Gasteiger partial charge < -0.3 is 4.74 Å². The van der Waals surface area contributed by atoms with Crippen LogP contribution in [0, 0.1) is 17.8 Å². The largest absolute Gasteiger partial charge is 0.459 e. The summed E-state index contributed by atoms with van der Waals surface area (Å²) in [5.74, 6) is 2.12. The van der Waals surface area contributed by atoms with Crippen molar-refractivity contribution in [2.24, 2.45) is 17.8 Å². The lowest BCUT2D eigenvalue weighted by molar-refractivity contribution is -0.147. The van der Waals surface area contributed by atoms with Crippen LogP contribution >= 0.6 is 0 Å². The Morgan fingerprint density at radius 2 is 2.00 bits per heavy atom. The minimum Gasteiger partial charge on any atom is -0.459 e. The van der Waals surface area contributed by atoms with Crippen molar-refractivity contribution in [3.8, 4) is 0 Å². The maximum atomic E-state index is 11.3. The first-order chi connectivity index (χ1) is 8.22. The highest BCUT2D eigenvalue weighted by atomic mass is 16.5. The first kappa shape index (κ1) is 12.7. The Morgan fingerprint density at radius 1 is 1.35 bits per heavy atom. The van der Waals surface area contributed by atoms with Gasteiger partial charge in [0.25, 0.3) is 0 Å². The minimum atomic E-state index is -0.257. The lowest BCUT2D eigenvalue weighted by Crippen LogP contribution is -2.35. The molecule has 3 unspecified atom stereocenters. The molecule has 0 aromatic carbocycles. The molecule has 2 nitrogen and oxygen atoms in total. The molecule has 0 saturated heterocycles. The van der Waals surface area contributed by atoms with Crippen LogP contribution in [0.1, 0.15) is 51.9 Å². The number of fused-ring (bicyclic) bond motifs is 2. The standard InChI is InChI=1S/C15H24O2/c1-3-14(17-15(16)4-2)13-9-11-6-5-7-12(8-11)10-13/h4,11-14H,2-3,5-10H2,1H3. The van der Waals surface area contributed by atoms with E-state index in [0.29, 0.717) is 5.92 Å². The highest BCUT2D eigenvalue weighted by Crippen LogP contribution is 2.44. The van der Waals surface area contributed by atoms with E-state index in [9.17, 15) is 4.79 Å². The summed E-state index contributed by atoms with van der Waals surface area (Å²) in [6.45, 7) is 5.59. The van der Waals surface area contributed by atoms with Crippen molar-refractivity contribution < 1.29 is 9.53 Å². The summed E-state index contributed by atoms with van der Waals surface area (Å²) in [6, 6.07) is 0. The number of carbonyl (C=O) groups excluding carboxylic acids is 1. The quantitative estimate of drug-likeness (QED) is 0.549. The number of ether oxygens (including phenoxy) is 1. The Hall–Kier alpha value is -0.790. The van der Waals surface area contributed by atoms with Gasteiger partial charge in [0.2, 0.25) is 0 Å². The van der Waals surface area contributed by atoms with Crippen molar-refractivity contribution in [2.45, 2.75) is 58.0 Å². The molecule has 2 aliphatic carbocycles. The van der Waals surface area contributed by atoms with Crippen LogP contribution in [0.15, 0.2) is 12.7 Å². The first-order valence-corrected chi connectivity index (χ1v) is 7.06. The summed E-state index contributed by atoms with van der Waals surface area (Å²) in [4.78, 5) is 11.3. The van der Waals surface area contributed by atoms with Gasteiger partial charge in [-0.2, -0.15) is 0 Å². The number of rotatable bonds is 4. The molecule has 0 heterocycles. The van der Waals surface area contributed by atoms with Crippen molar-refractivity contribution in [3.63, 3.8) is 0 Å². The summed E-state index contributed by atoms with van der Waals surface area (Å²) in [5.41, 5.74) is 0. The highest BCUT2D eigenvalue weighted by Gasteiger charge is 2.36. The highest BCUT2D eigenvalue weighted by molar-refractivity contribution is 5.81. The second-order valence-corrected chi connectivity index (χ2v) is 5.72. The predicted octanol–water partition coefficient (Wildman–Crippen LogP) is 3.71. The molecule has 0 spiro atoms. The Kier molecular flexibility index (Phi) is 4.25. The molecule has 2 bridgehead atoms. The van der Waals surface area contributed by atoms with E-state index in [2.05, 4.69) is 13.5 Å². The van der Waals surface area contributed by atoms with Gasteiger partial charge >= 0.3 is 5.97 Å². The van der Waals surface area contributed by atoms with E-state index in [4.69, 9.17) is 4.74 Å². The fourth-order valence-electron chi connectivity index (χ4n) is 3.80. The number of esters is 1. The molecule has 0 N–H and O–H groups in total. The van der Waals surface area contributed by atoms with Crippen LogP contribution in [0.25, 0.3) is 0 Å². The SMILES string of the molecule is C=CC(=O)OC(CC)C1CC2CCCC(C2)C1. The summed E-state index contributed by atoms with van der Waals surface area (Å²) >= 11 is 0. The minimum absolute atomic E-state index is 0.115. The van der Waals surface area contributed by atoms with Crippen molar-refractivity contribution in [1.82, 2.24) is 0 Å². The van der Waals surface area contributed by atoms with Gasteiger partial charge in [-0.05, 0) is 43.4 Å². The maximum absolute atomic E-state index is 11.3. The summed E-state index contributed by atoms with van der Waals surface area (Å²) in [6.07, 6.45) is 10.5. The third-order valence-corrected chi connectivity index (χ3v) is 4.53. The van der Waals surface area contributed by atoms with Crippen molar-refractivity contribution >= 4 is 5.97 Å². The van der Waals surface area contributed by atoms with Gasteiger partial charge in [-0.3, -0.25) is 0 Å². The average molecular weight is 236 g/mol. The van der Waals surface area contributed by atoms with E-state index in [-0.39, 0.29) is 12.1 Å². The lowest BCUT2D eigenvalue weighted by Gasteiger charge is -2.41. The fourth-order valence-corrected chi connectivity index (χ4v) is 3.80. The molecule has 2 aliphatic rings. The number of hydrogen-bond acceptors (Lipinski definition) is 2. The van der Waals surface area contributed by atoms with Gasteiger partial charge in [0.1, 0.15) is 6.10 Å². The van der Waals surface area contributed by atoms with Crippen LogP contribution in [0.2, 0.25) is 0 Å². The molecule has 0 amide bonds. The zero-order chi connectivity index (χ0) is 12.3. The Morgan fingerprint density at radius 3 is 2.53 bits per heavy atom. The zero-order valence-corrected chi connectivity index (χ0v) is 10.9. The predicted molar refractivity (Wildman–Crippen MR) is 68.5 cm³/mol. The van der Waals surface area contributed by atoms with Crippen molar-refractivity contribution in [3.05, 3.63) is 12.7 Å². The Bertz CT molecular complexity index is 273. The molecule has 2 rings (SSSR count). The average Bonchev–Trinajstić information content (AvgIpc) is 2.35. The van der Waals surface area contributed by atoms with Crippen LogP contribution < -0.4 is 0 Å². The summed E-state index contributed by atoms with van der Waals surface area (Å²) < 4.78 is 5.50. The molecule has 2 saturated carbocycles. The number of hydrogen-bond donors (Lipinski definition) is 0. The van der Waals surface area contributed by atoms with E-state index in [1.807, 2.05) is 0 Å². The molecular formula is C15H24O2. The normalized spacial score (nSPS) is 33.8. The van der Waals surface area contributed by atoms with Gasteiger partial charge in [-0.15, -0.1) is 0 Å². The first-order valence-electron chi connectivity index (χ1n) is 7.06.